The molecule has 2 aromatic carbocycles. The van der Waals surface area contributed by atoms with Crippen LogP contribution in [0.5, 0.6) is 11.5 Å². The van der Waals surface area contributed by atoms with Crippen LogP contribution in [0.1, 0.15) is 51.8 Å². The van der Waals surface area contributed by atoms with Crippen molar-refractivity contribution in [3.8, 4) is 11.5 Å². The number of amides is 1. The lowest BCUT2D eigenvalue weighted by atomic mass is 9.85. The van der Waals surface area contributed by atoms with Gasteiger partial charge in [0.1, 0.15) is 0 Å². The Kier molecular flexibility index (Phi) is 5.04. The molecule has 6 heteroatoms. The zero-order chi connectivity index (χ0) is 22.5. The molecular weight excluding hydrogens is 394 g/mol. The summed E-state index contributed by atoms with van der Waals surface area (Å²) in [7, 11) is 0. The van der Waals surface area contributed by atoms with E-state index in [2.05, 4.69) is 20.8 Å². The SMILES string of the molecule is CC(C)C(=O)C1=C(O)C(=O)N(c2ccc3c(c2)OCO3)C1c1ccc(C(C)(C)C)cc1. The van der Waals surface area contributed by atoms with Crippen molar-refractivity contribution in [2.75, 3.05) is 11.7 Å². The Morgan fingerprint density at radius 2 is 1.71 bits per heavy atom. The van der Waals surface area contributed by atoms with Crippen LogP contribution in [0.3, 0.4) is 0 Å². The number of aliphatic hydroxyl groups is 1. The molecule has 2 aromatic rings. The van der Waals surface area contributed by atoms with E-state index < -0.39 is 17.7 Å². The number of hydrogen-bond acceptors (Lipinski definition) is 5. The number of Topliss-reactive ketones (excluding diaryl/α,β-unsaturated/α-hetero) is 1. The van der Waals surface area contributed by atoms with Crippen LogP contribution in [-0.2, 0) is 15.0 Å². The molecule has 0 aliphatic carbocycles. The number of anilines is 1. The predicted molar refractivity (Wildman–Crippen MR) is 117 cm³/mol. The first-order chi connectivity index (χ1) is 14.6. The summed E-state index contributed by atoms with van der Waals surface area (Å²) in [5.41, 5.74) is 2.51. The van der Waals surface area contributed by atoms with Crippen molar-refractivity contribution in [3.05, 3.63) is 64.9 Å². The van der Waals surface area contributed by atoms with Crippen LogP contribution in [0, 0.1) is 5.92 Å². The number of carbonyl (C=O) groups excluding carboxylic acids is 2. The van der Waals surface area contributed by atoms with E-state index in [1.807, 2.05) is 24.3 Å². The fraction of sp³-hybridized carbons (Fsp3) is 0.360. The molecule has 1 N–H and O–H groups in total. The highest BCUT2D eigenvalue weighted by Crippen LogP contribution is 2.45. The number of fused-ring (bicyclic) bond motifs is 1. The third-order valence-electron chi connectivity index (χ3n) is 5.72. The van der Waals surface area contributed by atoms with Crippen LogP contribution in [0.2, 0.25) is 0 Å². The van der Waals surface area contributed by atoms with Crippen molar-refractivity contribution in [1.82, 2.24) is 0 Å². The summed E-state index contributed by atoms with van der Waals surface area (Å²) in [4.78, 5) is 27.6. The lowest BCUT2D eigenvalue weighted by Crippen LogP contribution is -2.31. The molecule has 2 aliphatic rings. The van der Waals surface area contributed by atoms with E-state index in [1.54, 1.807) is 32.0 Å². The summed E-state index contributed by atoms with van der Waals surface area (Å²) in [5.74, 6) is -0.599. The first-order valence-corrected chi connectivity index (χ1v) is 10.4. The van der Waals surface area contributed by atoms with Crippen molar-refractivity contribution in [3.63, 3.8) is 0 Å². The zero-order valence-corrected chi connectivity index (χ0v) is 18.4. The maximum atomic E-state index is 13.1. The topological polar surface area (TPSA) is 76.1 Å². The van der Waals surface area contributed by atoms with Crippen molar-refractivity contribution in [2.24, 2.45) is 5.92 Å². The van der Waals surface area contributed by atoms with Gasteiger partial charge in [-0.2, -0.15) is 0 Å². The molecule has 1 atom stereocenters. The van der Waals surface area contributed by atoms with Crippen molar-refractivity contribution < 1.29 is 24.2 Å². The standard InChI is InChI=1S/C25H27NO5/c1-14(2)22(27)20-21(15-6-8-16(9-7-15)25(3,4)5)26(24(29)23(20)28)17-10-11-18-19(12-17)31-13-30-18/h6-12,14,21,28H,13H2,1-5H3. The Balaban J connectivity index is 1.84. The van der Waals surface area contributed by atoms with Gasteiger partial charge < -0.3 is 14.6 Å². The van der Waals surface area contributed by atoms with Gasteiger partial charge in [0.2, 0.25) is 6.79 Å². The molecule has 0 saturated carbocycles. The molecule has 0 bridgehead atoms. The number of carbonyl (C=O) groups is 2. The highest BCUT2D eigenvalue weighted by atomic mass is 16.7. The minimum Gasteiger partial charge on any atom is -0.503 e. The van der Waals surface area contributed by atoms with Crippen molar-refractivity contribution in [1.29, 1.82) is 0 Å². The van der Waals surface area contributed by atoms with Crippen LogP contribution >= 0.6 is 0 Å². The molecule has 0 saturated heterocycles. The Bertz CT molecular complexity index is 1080. The maximum Gasteiger partial charge on any atom is 0.294 e. The van der Waals surface area contributed by atoms with Crippen LogP contribution in [0.4, 0.5) is 5.69 Å². The van der Waals surface area contributed by atoms with Gasteiger partial charge in [0.25, 0.3) is 5.91 Å². The van der Waals surface area contributed by atoms with Gasteiger partial charge in [0, 0.05) is 17.7 Å². The van der Waals surface area contributed by atoms with Gasteiger partial charge in [0.15, 0.2) is 23.0 Å². The number of aliphatic hydroxyl groups excluding tert-OH is 1. The zero-order valence-electron chi connectivity index (χ0n) is 18.4. The van der Waals surface area contributed by atoms with Crippen molar-refractivity contribution in [2.45, 2.75) is 46.1 Å². The second kappa shape index (κ2) is 7.45. The second-order valence-corrected chi connectivity index (χ2v) is 9.27. The highest BCUT2D eigenvalue weighted by Gasteiger charge is 2.45. The van der Waals surface area contributed by atoms with Crippen molar-refractivity contribution >= 4 is 17.4 Å². The number of benzene rings is 2. The first kappa shape index (κ1) is 21.0. The third kappa shape index (κ3) is 3.56. The summed E-state index contributed by atoms with van der Waals surface area (Å²) in [6.45, 7) is 10.0. The molecule has 4 rings (SSSR count). The quantitative estimate of drug-likeness (QED) is 0.765. The molecule has 162 valence electrons. The van der Waals surface area contributed by atoms with E-state index in [9.17, 15) is 14.7 Å². The van der Waals surface area contributed by atoms with Gasteiger partial charge in [-0.15, -0.1) is 0 Å². The van der Waals surface area contributed by atoms with E-state index in [0.717, 1.165) is 11.1 Å². The Hall–Kier alpha value is -3.28. The van der Waals surface area contributed by atoms with Gasteiger partial charge in [-0.05, 0) is 28.7 Å². The van der Waals surface area contributed by atoms with Gasteiger partial charge in [-0.1, -0.05) is 58.9 Å². The van der Waals surface area contributed by atoms with E-state index in [0.29, 0.717) is 17.2 Å². The van der Waals surface area contributed by atoms with E-state index >= 15 is 0 Å². The molecule has 0 aromatic heterocycles. The summed E-state index contributed by atoms with van der Waals surface area (Å²) >= 11 is 0. The average molecular weight is 421 g/mol. The molecule has 2 aliphatic heterocycles. The summed E-state index contributed by atoms with van der Waals surface area (Å²) in [6.07, 6.45) is 0. The molecule has 2 heterocycles. The predicted octanol–water partition coefficient (Wildman–Crippen LogP) is 4.84. The van der Waals surface area contributed by atoms with Gasteiger partial charge in [0.05, 0.1) is 11.6 Å². The molecule has 0 radical (unpaired) electrons. The van der Waals surface area contributed by atoms with Crippen LogP contribution in [-0.4, -0.2) is 23.6 Å². The smallest absolute Gasteiger partial charge is 0.294 e. The lowest BCUT2D eigenvalue weighted by molar-refractivity contribution is -0.119. The molecular formula is C25H27NO5. The van der Waals surface area contributed by atoms with Crippen LogP contribution in [0.25, 0.3) is 0 Å². The fourth-order valence-electron chi connectivity index (χ4n) is 3.95. The Labute approximate surface area is 182 Å². The number of rotatable bonds is 4. The Morgan fingerprint density at radius 3 is 2.32 bits per heavy atom. The molecule has 0 spiro atoms. The lowest BCUT2D eigenvalue weighted by Gasteiger charge is -2.28. The van der Waals surface area contributed by atoms with Gasteiger partial charge in [-0.25, -0.2) is 0 Å². The molecule has 6 nitrogen and oxygen atoms in total. The largest absolute Gasteiger partial charge is 0.503 e. The monoisotopic (exact) mass is 421 g/mol. The summed E-state index contributed by atoms with van der Waals surface area (Å²) in [6, 6.07) is 12.3. The summed E-state index contributed by atoms with van der Waals surface area (Å²) in [5, 5.41) is 10.7. The average Bonchev–Trinajstić information content (AvgIpc) is 3.29. The van der Waals surface area contributed by atoms with E-state index in [-0.39, 0.29) is 29.5 Å². The van der Waals surface area contributed by atoms with Crippen LogP contribution < -0.4 is 14.4 Å². The normalized spacial score (nSPS) is 18.3. The maximum absolute atomic E-state index is 13.1. The summed E-state index contributed by atoms with van der Waals surface area (Å²) < 4.78 is 10.8. The molecule has 1 amide bonds. The second-order valence-electron chi connectivity index (χ2n) is 9.27. The van der Waals surface area contributed by atoms with E-state index in [4.69, 9.17) is 9.47 Å². The minimum atomic E-state index is -0.725. The molecule has 0 fully saturated rings. The highest BCUT2D eigenvalue weighted by molar-refractivity contribution is 6.17. The number of nitrogens with zero attached hydrogens (tertiary/aromatic N) is 1. The third-order valence-corrected chi connectivity index (χ3v) is 5.72. The molecule has 31 heavy (non-hydrogen) atoms. The van der Waals surface area contributed by atoms with Gasteiger partial charge >= 0.3 is 0 Å². The number of ether oxygens (including phenoxy) is 2. The van der Waals surface area contributed by atoms with Crippen LogP contribution in [0.15, 0.2) is 53.8 Å². The minimum absolute atomic E-state index is 0.0321. The fourth-order valence-corrected chi connectivity index (χ4v) is 3.95. The van der Waals surface area contributed by atoms with Gasteiger partial charge in [-0.3, -0.25) is 14.5 Å². The van der Waals surface area contributed by atoms with E-state index in [1.165, 1.54) is 4.90 Å². The number of hydrogen-bond donors (Lipinski definition) is 1. The molecule has 1 unspecified atom stereocenters. The Morgan fingerprint density at radius 1 is 1.06 bits per heavy atom. The number of ketones is 1. The first-order valence-electron chi connectivity index (χ1n) is 10.4.